The third kappa shape index (κ3) is 0.836. The lowest BCUT2D eigenvalue weighted by Gasteiger charge is -2.41. The van der Waals surface area contributed by atoms with Crippen LogP contribution in [-0.2, 0) is 4.79 Å². The predicted octanol–water partition coefficient (Wildman–Crippen LogP) is 1.40. The SMILES string of the molecule is CC[C@H]1C(=O)N2C=C(S)CC12. The molecule has 0 aromatic carbocycles. The van der Waals surface area contributed by atoms with Crippen LogP contribution in [0.15, 0.2) is 11.1 Å². The summed E-state index contributed by atoms with van der Waals surface area (Å²) in [6.45, 7) is 2.07. The van der Waals surface area contributed by atoms with Crippen molar-refractivity contribution in [3.63, 3.8) is 0 Å². The maximum Gasteiger partial charge on any atom is 0.232 e. The van der Waals surface area contributed by atoms with Crippen molar-refractivity contribution in [2.45, 2.75) is 25.8 Å². The molecule has 0 spiro atoms. The van der Waals surface area contributed by atoms with Gasteiger partial charge in [0.05, 0.1) is 12.0 Å². The first-order valence-corrected chi connectivity index (χ1v) is 4.40. The van der Waals surface area contributed by atoms with Crippen molar-refractivity contribution in [2.24, 2.45) is 5.92 Å². The number of thiol groups is 1. The molecule has 1 fully saturated rings. The van der Waals surface area contributed by atoms with E-state index in [4.69, 9.17) is 0 Å². The van der Waals surface area contributed by atoms with Crippen LogP contribution in [0.2, 0.25) is 0 Å². The van der Waals surface area contributed by atoms with Gasteiger partial charge in [0.15, 0.2) is 0 Å². The maximum absolute atomic E-state index is 11.3. The molecule has 2 atom stereocenters. The third-order valence-corrected chi connectivity index (χ3v) is 2.84. The standard InChI is InChI=1S/C8H11NOS/c1-2-6-7-3-5(11)4-9(7)8(6)10/h4,6-7,11H,2-3H2,1H3/t6-,7?/m1/s1. The molecule has 0 radical (unpaired) electrons. The van der Waals surface area contributed by atoms with E-state index in [-0.39, 0.29) is 11.8 Å². The van der Waals surface area contributed by atoms with Crippen LogP contribution >= 0.6 is 12.6 Å². The van der Waals surface area contributed by atoms with Crippen molar-refractivity contribution < 1.29 is 4.79 Å². The van der Waals surface area contributed by atoms with Crippen LogP contribution < -0.4 is 0 Å². The van der Waals surface area contributed by atoms with E-state index in [0.717, 1.165) is 17.7 Å². The number of rotatable bonds is 1. The molecule has 3 heteroatoms. The molecule has 0 aromatic heterocycles. The van der Waals surface area contributed by atoms with Crippen molar-refractivity contribution in [3.05, 3.63) is 11.1 Å². The zero-order valence-electron chi connectivity index (χ0n) is 6.45. The van der Waals surface area contributed by atoms with Gasteiger partial charge in [-0.15, -0.1) is 12.6 Å². The van der Waals surface area contributed by atoms with Gasteiger partial charge in [-0.1, -0.05) is 6.92 Å². The van der Waals surface area contributed by atoms with Crippen molar-refractivity contribution in [2.75, 3.05) is 0 Å². The van der Waals surface area contributed by atoms with Crippen LogP contribution in [0.4, 0.5) is 0 Å². The summed E-state index contributed by atoms with van der Waals surface area (Å²) in [7, 11) is 0. The molecule has 0 aliphatic carbocycles. The Morgan fingerprint density at radius 2 is 2.55 bits per heavy atom. The quantitative estimate of drug-likeness (QED) is 0.464. The van der Waals surface area contributed by atoms with E-state index in [1.165, 1.54) is 0 Å². The minimum Gasteiger partial charge on any atom is -0.314 e. The fourth-order valence-electron chi connectivity index (χ4n) is 1.91. The van der Waals surface area contributed by atoms with Crippen LogP contribution in [-0.4, -0.2) is 16.8 Å². The Bertz CT molecular complexity index is 236. The Morgan fingerprint density at radius 3 is 3.18 bits per heavy atom. The second-order valence-electron chi connectivity index (χ2n) is 3.15. The van der Waals surface area contributed by atoms with Crippen LogP contribution in [0, 0.1) is 5.92 Å². The van der Waals surface area contributed by atoms with E-state index in [1.807, 2.05) is 11.1 Å². The number of β-lactam (4-membered cyclic amide) rings is 1. The fourth-order valence-corrected chi connectivity index (χ4v) is 2.22. The minimum absolute atomic E-state index is 0.274. The average molecular weight is 169 g/mol. The van der Waals surface area contributed by atoms with Crippen LogP contribution in [0.1, 0.15) is 19.8 Å². The normalized spacial score (nSPS) is 34.9. The molecular weight excluding hydrogens is 158 g/mol. The Hall–Kier alpha value is -0.440. The first-order valence-electron chi connectivity index (χ1n) is 3.96. The van der Waals surface area contributed by atoms with Gasteiger partial charge in [0.2, 0.25) is 5.91 Å². The highest BCUT2D eigenvalue weighted by Gasteiger charge is 2.47. The number of fused-ring (bicyclic) bond motifs is 1. The summed E-state index contributed by atoms with van der Waals surface area (Å²) >= 11 is 4.24. The smallest absolute Gasteiger partial charge is 0.232 e. The molecule has 1 saturated heterocycles. The molecule has 0 N–H and O–H groups in total. The summed E-state index contributed by atoms with van der Waals surface area (Å²) in [6, 6.07) is 0.444. The van der Waals surface area contributed by atoms with Crippen molar-refractivity contribution in [3.8, 4) is 0 Å². The van der Waals surface area contributed by atoms with Gasteiger partial charge in [-0.3, -0.25) is 4.79 Å². The summed E-state index contributed by atoms with van der Waals surface area (Å²) in [5.74, 6) is 0.553. The van der Waals surface area contributed by atoms with E-state index in [2.05, 4.69) is 19.6 Å². The van der Waals surface area contributed by atoms with E-state index < -0.39 is 0 Å². The maximum atomic E-state index is 11.3. The largest absolute Gasteiger partial charge is 0.314 e. The van der Waals surface area contributed by atoms with Crippen molar-refractivity contribution in [1.82, 2.24) is 4.90 Å². The molecule has 0 aromatic rings. The first kappa shape index (κ1) is 7.22. The van der Waals surface area contributed by atoms with E-state index in [0.29, 0.717) is 6.04 Å². The van der Waals surface area contributed by atoms with Gasteiger partial charge in [-0.25, -0.2) is 0 Å². The predicted molar refractivity (Wildman–Crippen MR) is 46.1 cm³/mol. The Kier molecular flexibility index (Phi) is 1.49. The van der Waals surface area contributed by atoms with Gasteiger partial charge in [-0.2, -0.15) is 0 Å². The van der Waals surface area contributed by atoms with Crippen molar-refractivity contribution in [1.29, 1.82) is 0 Å². The topological polar surface area (TPSA) is 20.3 Å². The second-order valence-corrected chi connectivity index (χ2v) is 3.73. The Labute approximate surface area is 71.7 Å². The van der Waals surface area contributed by atoms with Gasteiger partial charge < -0.3 is 4.90 Å². The highest BCUT2D eigenvalue weighted by molar-refractivity contribution is 7.84. The molecule has 0 saturated carbocycles. The molecule has 0 bridgehead atoms. The van der Waals surface area contributed by atoms with Gasteiger partial charge in [0.1, 0.15) is 0 Å². The van der Waals surface area contributed by atoms with E-state index in [9.17, 15) is 4.79 Å². The molecule has 1 unspecified atom stereocenters. The fraction of sp³-hybridized carbons (Fsp3) is 0.625. The van der Waals surface area contributed by atoms with Gasteiger partial charge in [0, 0.05) is 17.5 Å². The summed E-state index contributed by atoms with van der Waals surface area (Å²) in [5.41, 5.74) is 0. The second kappa shape index (κ2) is 2.27. The molecule has 60 valence electrons. The molecule has 2 nitrogen and oxygen atoms in total. The summed E-state index contributed by atoms with van der Waals surface area (Å²) in [4.78, 5) is 14.1. The first-order chi connectivity index (χ1) is 5.24. The number of hydrogen-bond donors (Lipinski definition) is 1. The summed E-state index contributed by atoms with van der Waals surface area (Å²) in [6.07, 6.45) is 3.80. The molecular formula is C8H11NOS. The summed E-state index contributed by atoms with van der Waals surface area (Å²) in [5, 5.41) is 0. The highest BCUT2D eigenvalue weighted by atomic mass is 32.1. The Balaban J connectivity index is 2.14. The lowest BCUT2D eigenvalue weighted by atomic mass is 9.86. The summed E-state index contributed by atoms with van der Waals surface area (Å²) < 4.78 is 0. The third-order valence-electron chi connectivity index (χ3n) is 2.54. The zero-order valence-corrected chi connectivity index (χ0v) is 7.34. The van der Waals surface area contributed by atoms with Gasteiger partial charge >= 0.3 is 0 Å². The monoisotopic (exact) mass is 169 g/mol. The van der Waals surface area contributed by atoms with E-state index in [1.54, 1.807) is 0 Å². The number of carbonyl (C=O) groups excluding carboxylic acids is 1. The molecule has 2 rings (SSSR count). The minimum atomic E-state index is 0.274. The number of amides is 1. The highest BCUT2D eigenvalue weighted by Crippen LogP contribution is 2.39. The Morgan fingerprint density at radius 1 is 1.82 bits per heavy atom. The van der Waals surface area contributed by atoms with Crippen LogP contribution in [0.3, 0.4) is 0 Å². The van der Waals surface area contributed by atoms with Gasteiger partial charge in [-0.05, 0) is 6.42 Å². The molecule has 11 heavy (non-hydrogen) atoms. The van der Waals surface area contributed by atoms with E-state index >= 15 is 0 Å². The zero-order chi connectivity index (χ0) is 8.01. The molecule has 2 heterocycles. The van der Waals surface area contributed by atoms with Gasteiger partial charge in [0.25, 0.3) is 0 Å². The molecule has 2 aliphatic rings. The number of hydrogen-bond acceptors (Lipinski definition) is 2. The van der Waals surface area contributed by atoms with Crippen molar-refractivity contribution >= 4 is 18.5 Å². The lowest BCUT2D eigenvalue weighted by molar-refractivity contribution is -0.149. The lowest BCUT2D eigenvalue weighted by Crippen LogP contribution is -2.55. The molecule has 1 amide bonds. The van der Waals surface area contributed by atoms with Crippen LogP contribution in [0.5, 0.6) is 0 Å². The average Bonchev–Trinajstić information content (AvgIpc) is 2.30. The number of carbonyl (C=O) groups is 1. The van der Waals surface area contributed by atoms with Crippen LogP contribution in [0.25, 0.3) is 0 Å². The molecule has 2 aliphatic heterocycles. The number of nitrogens with zero attached hydrogens (tertiary/aromatic N) is 1.